The Hall–Kier alpha value is -2.34. The molecule has 2 aromatic carbocycles. The number of rotatable bonds is 4. The maximum Gasteiger partial charge on any atom is 0.337 e. The van der Waals surface area contributed by atoms with Crippen LogP contribution in [0.2, 0.25) is 0 Å². The fourth-order valence-electron chi connectivity index (χ4n) is 2.14. The van der Waals surface area contributed by atoms with Gasteiger partial charge in [0, 0.05) is 5.69 Å². The van der Waals surface area contributed by atoms with Crippen molar-refractivity contribution in [2.75, 3.05) is 11.8 Å². The molecule has 2 aromatic rings. The first-order valence-corrected chi connectivity index (χ1v) is 8.93. The predicted molar refractivity (Wildman–Crippen MR) is 93.7 cm³/mol. The summed E-state index contributed by atoms with van der Waals surface area (Å²) in [6.07, 6.45) is 0. The van der Waals surface area contributed by atoms with E-state index in [-0.39, 0.29) is 10.3 Å². The molecule has 0 unspecified atom stereocenters. The second kappa shape index (κ2) is 6.65. The Morgan fingerprint density at radius 2 is 1.50 bits per heavy atom. The van der Waals surface area contributed by atoms with E-state index in [9.17, 15) is 13.2 Å². The molecular formula is C18H21NO4S. The highest BCUT2D eigenvalue weighted by Crippen LogP contribution is 2.24. The first-order chi connectivity index (χ1) is 11.1. The zero-order valence-corrected chi connectivity index (χ0v) is 15.0. The van der Waals surface area contributed by atoms with Crippen molar-refractivity contribution in [1.82, 2.24) is 0 Å². The number of sulfonamides is 1. The molecule has 0 aliphatic carbocycles. The fraction of sp³-hybridized carbons (Fsp3) is 0.278. The Morgan fingerprint density at radius 3 is 1.96 bits per heavy atom. The lowest BCUT2D eigenvalue weighted by molar-refractivity contribution is 0.0601. The van der Waals surface area contributed by atoms with Gasteiger partial charge in [-0.05, 0) is 47.4 Å². The van der Waals surface area contributed by atoms with Crippen LogP contribution in [0.3, 0.4) is 0 Å². The van der Waals surface area contributed by atoms with E-state index in [0.717, 1.165) is 5.56 Å². The third kappa shape index (κ3) is 4.14. The summed E-state index contributed by atoms with van der Waals surface area (Å²) in [5, 5.41) is 0. The van der Waals surface area contributed by atoms with Gasteiger partial charge in [-0.15, -0.1) is 0 Å². The smallest absolute Gasteiger partial charge is 0.337 e. The number of ether oxygens (including phenoxy) is 1. The number of nitrogens with one attached hydrogen (secondary N) is 1. The predicted octanol–water partition coefficient (Wildman–Crippen LogP) is 3.57. The maximum atomic E-state index is 12.4. The molecule has 0 aromatic heterocycles. The lowest BCUT2D eigenvalue weighted by Gasteiger charge is -2.19. The SMILES string of the molecule is COC(=O)c1ccc(NS(=O)(=O)c2ccc(C(C)(C)C)cc2)cc1. The van der Waals surface area contributed by atoms with Crippen molar-refractivity contribution >= 4 is 21.7 Å². The van der Waals surface area contributed by atoms with Crippen LogP contribution in [-0.4, -0.2) is 21.5 Å². The summed E-state index contributed by atoms with van der Waals surface area (Å²) in [4.78, 5) is 11.6. The molecule has 0 saturated carbocycles. The Kier molecular flexibility index (Phi) is 4.99. The molecular weight excluding hydrogens is 326 g/mol. The molecule has 1 N–H and O–H groups in total. The highest BCUT2D eigenvalue weighted by Gasteiger charge is 2.18. The monoisotopic (exact) mass is 347 g/mol. The molecule has 0 spiro atoms. The number of benzene rings is 2. The Morgan fingerprint density at radius 1 is 0.958 bits per heavy atom. The van der Waals surface area contributed by atoms with Crippen LogP contribution in [-0.2, 0) is 20.2 Å². The van der Waals surface area contributed by atoms with E-state index >= 15 is 0 Å². The van der Waals surface area contributed by atoms with Crippen molar-refractivity contribution in [3.63, 3.8) is 0 Å². The summed E-state index contributed by atoms with van der Waals surface area (Å²) in [6, 6.07) is 12.9. The van der Waals surface area contributed by atoms with Crippen LogP contribution >= 0.6 is 0 Å². The molecule has 0 aliphatic rings. The first-order valence-electron chi connectivity index (χ1n) is 7.45. The molecule has 6 heteroatoms. The molecule has 0 radical (unpaired) electrons. The van der Waals surface area contributed by atoms with Crippen LogP contribution in [0.1, 0.15) is 36.7 Å². The van der Waals surface area contributed by atoms with Gasteiger partial charge >= 0.3 is 5.97 Å². The van der Waals surface area contributed by atoms with E-state index in [1.807, 2.05) is 12.1 Å². The summed E-state index contributed by atoms with van der Waals surface area (Å²) in [5.41, 5.74) is 1.75. The van der Waals surface area contributed by atoms with E-state index < -0.39 is 16.0 Å². The average molecular weight is 347 g/mol. The normalized spacial score (nSPS) is 11.8. The Labute approximate surface area is 142 Å². The van der Waals surface area contributed by atoms with Gasteiger partial charge in [-0.3, -0.25) is 4.72 Å². The molecule has 24 heavy (non-hydrogen) atoms. The van der Waals surface area contributed by atoms with E-state index in [0.29, 0.717) is 11.3 Å². The maximum absolute atomic E-state index is 12.4. The number of anilines is 1. The van der Waals surface area contributed by atoms with Crippen LogP contribution < -0.4 is 4.72 Å². The topological polar surface area (TPSA) is 72.5 Å². The summed E-state index contributed by atoms with van der Waals surface area (Å²) < 4.78 is 32.0. The fourth-order valence-corrected chi connectivity index (χ4v) is 3.20. The van der Waals surface area contributed by atoms with E-state index in [1.165, 1.54) is 31.4 Å². The molecule has 2 rings (SSSR count). The van der Waals surface area contributed by atoms with Gasteiger partial charge in [0.15, 0.2) is 0 Å². The van der Waals surface area contributed by atoms with Crippen molar-refractivity contribution in [1.29, 1.82) is 0 Å². The molecule has 0 bridgehead atoms. The van der Waals surface area contributed by atoms with Gasteiger partial charge in [0.2, 0.25) is 0 Å². The zero-order valence-electron chi connectivity index (χ0n) is 14.2. The third-order valence-electron chi connectivity index (χ3n) is 3.59. The number of hydrogen-bond donors (Lipinski definition) is 1. The molecule has 128 valence electrons. The van der Waals surface area contributed by atoms with Gasteiger partial charge in [0.25, 0.3) is 10.0 Å². The van der Waals surface area contributed by atoms with Gasteiger partial charge in [0.05, 0.1) is 17.6 Å². The van der Waals surface area contributed by atoms with Crippen molar-refractivity contribution in [3.8, 4) is 0 Å². The number of carbonyl (C=O) groups excluding carboxylic acids is 1. The van der Waals surface area contributed by atoms with Gasteiger partial charge in [-0.25, -0.2) is 13.2 Å². The van der Waals surface area contributed by atoms with E-state index in [4.69, 9.17) is 0 Å². The van der Waals surface area contributed by atoms with Gasteiger partial charge in [-0.1, -0.05) is 32.9 Å². The van der Waals surface area contributed by atoms with Crippen molar-refractivity contribution in [2.45, 2.75) is 31.1 Å². The van der Waals surface area contributed by atoms with E-state index in [2.05, 4.69) is 30.2 Å². The number of carbonyl (C=O) groups is 1. The minimum Gasteiger partial charge on any atom is -0.465 e. The van der Waals surface area contributed by atoms with Crippen LogP contribution in [0.4, 0.5) is 5.69 Å². The lowest BCUT2D eigenvalue weighted by atomic mass is 9.87. The highest BCUT2D eigenvalue weighted by molar-refractivity contribution is 7.92. The summed E-state index contributed by atoms with van der Waals surface area (Å²) in [6.45, 7) is 6.20. The number of esters is 1. The van der Waals surface area contributed by atoms with Crippen LogP contribution in [0.25, 0.3) is 0 Å². The molecule has 0 heterocycles. The third-order valence-corrected chi connectivity index (χ3v) is 4.99. The second-order valence-electron chi connectivity index (χ2n) is 6.45. The zero-order chi connectivity index (χ0) is 18.0. The number of methoxy groups -OCH3 is 1. The minimum absolute atomic E-state index is 0.0422. The minimum atomic E-state index is -3.68. The van der Waals surface area contributed by atoms with Crippen molar-refractivity contribution < 1.29 is 17.9 Å². The van der Waals surface area contributed by atoms with Crippen LogP contribution in [0.15, 0.2) is 53.4 Å². The number of hydrogen-bond acceptors (Lipinski definition) is 4. The van der Waals surface area contributed by atoms with E-state index in [1.54, 1.807) is 12.1 Å². The largest absolute Gasteiger partial charge is 0.465 e. The molecule has 0 atom stereocenters. The van der Waals surface area contributed by atoms with Crippen molar-refractivity contribution in [2.24, 2.45) is 0 Å². The molecule has 0 saturated heterocycles. The Bertz CT molecular complexity index is 817. The second-order valence-corrected chi connectivity index (χ2v) is 8.13. The standard InChI is InChI=1S/C18H21NO4S/c1-18(2,3)14-7-11-16(12-8-14)24(21,22)19-15-9-5-13(6-10-15)17(20)23-4/h5-12,19H,1-4H3. The first kappa shape index (κ1) is 18.0. The summed E-state index contributed by atoms with van der Waals surface area (Å²) in [5.74, 6) is -0.470. The molecule has 0 aliphatic heterocycles. The van der Waals surface area contributed by atoms with Crippen LogP contribution in [0, 0.1) is 0 Å². The Balaban J connectivity index is 2.20. The summed E-state index contributed by atoms with van der Waals surface area (Å²) >= 11 is 0. The average Bonchev–Trinajstić information content (AvgIpc) is 2.54. The summed E-state index contributed by atoms with van der Waals surface area (Å²) in [7, 11) is -2.39. The van der Waals surface area contributed by atoms with Crippen molar-refractivity contribution in [3.05, 3.63) is 59.7 Å². The molecule has 0 fully saturated rings. The van der Waals surface area contributed by atoms with Crippen LogP contribution in [0.5, 0.6) is 0 Å². The van der Waals surface area contributed by atoms with Gasteiger partial charge in [0.1, 0.15) is 0 Å². The highest BCUT2D eigenvalue weighted by atomic mass is 32.2. The molecule has 0 amide bonds. The lowest BCUT2D eigenvalue weighted by Crippen LogP contribution is -2.15. The molecule has 5 nitrogen and oxygen atoms in total. The van der Waals surface area contributed by atoms with Gasteiger partial charge < -0.3 is 4.74 Å². The van der Waals surface area contributed by atoms with Gasteiger partial charge in [-0.2, -0.15) is 0 Å². The quantitative estimate of drug-likeness (QED) is 0.858.